The van der Waals surface area contributed by atoms with E-state index >= 15 is 0 Å². The van der Waals surface area contributed by atoms with Crippen LogP contribution in [0.4, 0.5) is 0 Å². The average molecular weight is 454 g/mol. The molecule has 0 aliphatic rings. The van der Waals surface area contributed by atoms with Crippen molar-refractivity contribution in [2.75, 3.05) is 0 Å². The van der Waals surface area contributed by atoms with E-state index in [2.05, 4.69) is 0 Å². The van der Waals surface area contributed by atoms with E-state index in [1.165, 1.54) is 60.7 Å². The van der Waals surface area contributed by atoms with Crippen LogP contribution in [0.1, 0.15) is 0 Å². The van der Waals surface area contributed by atoms with Crippen LogP contribution in [0.3, 0.4) is 0 Å². The summed E-state index contributed by atoms with van der Waals surface area (Å²) in [4.78, 5) is 27.0. The van der Waals surface area contributed by atoms with Crippen LogP contribution in [0, 0.1) is 0 Å². The van der Waals surface area contributed by atoms with Gasteiger partial charge in [0.15, 0.2) is 0 Å². The van der Waals surface area contributed by atoms with Crippen LogP contribution in [-0.4, -0.2) is 20.4 Å². The van der Waals surface area contributed by atoms with Crippen molar-refractivity contribution in [3.63, 3.8) is 0 Å². The highest BCUT2D eigenvalue weighted by Crippen LogP contribution is 2.44. The summed E-state index contributed by atoms with van der Waals surface area (Å²) >= 11 is 0. The molecule has 6 rings (SSSR count). The van der Waals surface area contributed by atoms with Gasteiger partial charge in [-0.15, -0.1) is 0 Å². The molecule has 0 radical (unpaired) electrons. The first-order valence-electron chi connectivity index (χ1n) is 10.2. The predicted molar refractivity (Wildman–Crippen MR) is 126 cm³/mol. The largest absolute Gasteiger partial charge is 0.507 e. The molecule has 0 aliphatic carbocycles. The fourth-order valence-electron chi connectivity index (χ4n) is 4.42. The molecule has 4 aromatic carbocycles. The second-order valence-corrected chi connectivity index (χ2v) is 7.83. The van der Waals surface area contributed by atoms with E-state index in [1.807, 2.05) is 0 Å². The molecule has 0 spiro atoms. The first-order valence-corrected chi connectivity index (χ1v) is 10.2. The average Bonchev–Trinajstić information content (AvgIpc) is 2.80. The van der Waals surface area contributed by atoms with Gasteiger partial charge in [-0.25, -0.2) is 0 Å². The topological polar surface area (TPSA) is 141 Å². The third kappa shape index (κ3) is 2.53. The Bertz CT molecular complexity index is 1800. The minimum absolute atomic E-state index is 0.0697. The molecule has 8 nitrogen and oxygen atoms in total. The van der Waals surface area contributed by atoms with Crippen molar-refractivity contribution in [1.29, 1.82) is 0 Å². The van der Waals surface area contributed by atoms with E-state index in [1.54, 1.807) is 0 Å². The van der Waals surface area contributed by atoms with Crippen LogP contribution in [0.15, 0.2) is 79.1 Å². The summed E-state index contributed by atoms with van der Waals surface area (Å²) in [5.74, 6) is -1.46. The zero-order valence-electron chi connectivity index (χ0n) is 17.2. The molecule has 0 bridgehead atoms. The number of fused-ring (bicyclic) bond motifs is 4. The standard InChI is InChI=1S/C26H14O8/c27-11-3-1-5-15-19(11)25(31)23-17(33-15)9-7-13(29)21(23)22-14(30)8-10-18-24(22)26(32)20-12(28)4-2-6-16(20)34-18/h1-10,27-30H. The number of phenols is 4. The van der Waals surface area contributed by atoms with Crippen LogP contribution in [0.25, 0.3) is 55.0 Å². The Morgan fingerprint density at radius 3 is 1.24 bits per heavy atom. The minimum atomic E-state index is -0.662. The number of hydrogen-bond acceptors (Lipinski definition) is 8. The molecule has 0 amide bonds. The Morgan fingerprint density at radius 2 is 0.824 bits per heavy atom. The van der Waals surface area contributed by atoms with Gasteiger partial charge in [-0.1, -0.05) is 12.1 Å². The third-order valence-electron chi connectivity index (χ3n) is 5.90. The summed E-state index contributed by atoms with van der Waals surface area (Å²) in [6.07, 6.45) is 0. The van der Waals surface area contributed by atoms with Crippen molar-refractivity contribution >= 4 is 43.9 Å². The molecule has 2 aromatic heterocycles. The zero-order valence-corrected chi connectivity index (χ0v) is 17.2. The molecule has 0 saturated carbocycles. The number of aromatic hydroxyl groups is 4. The van der Waals surface area contributed by atoms with Crippen LogP contribution in [-0.2, 0) is 0 Å². The van der Waals surface area contributed by atoms with Crippen LogP contribution in [0.2, 0.25) is 0 Å². The van der Waals surface area contributed by atoms with Gasteiger partial charge in [0.25, 0.3) is 0 Å². The van der Waals surface area contributed by atoms with Gasteiger partial charge >= 0.3 is 0 Å². The molecule has 166 valence electrons. The van der Waals surface area contributed by atoms with E-state index < -0.39 is 22.4 Å². The van der Waals surface area contributed by atoms with Gasteiger partial charge in [0, 0.05) is 11.1 Å². The van der Waals surface area contributed by atoms with Crippen molar-refractivity contribution in [2.24, 2.45) is 0 Å². The molecule has 2 heterocycles. The summed E-state index contributed by atoms with van der Waals surface area (Å²) in [6.45, 7) is 0. The summed E-state index contributed by atoms with van der Waals surface area (Å²) < 4.78 is 11.6. The molecule has 4 N–H and O–H groups in total. The molecular weight excluding hydrogens is 440 g/mol. The molecule has 0 atom stereocenters. The van der Waals surface area contributed by atoms with Crippen LogP contribution >= 0.6 is 0 Å². The Hall–Kier alpha value is -4.98. The van der Waals surface area contributed by atoms with Crippen molar-refractivity contribution in [3.05, 3.63) is 81.1 Å². The number of hydrogen-bond donors (Lipinski definition) is 4. The van der Waals surface area contributed by atoms with E-state index in [-0.39, 0.29) is 66.5 Å². The smallest absolute Gasteiger partial charge is 0.205 e. The molecule has 34 heavy (non-hydrogen) atoms. The summed E-state index contributed by atoms with van der Waals surface area (Å²) in [5, 5.41) is 41.7. The van der Waals surface area contributed by atoms with Crippen molar-refractivity contribution in [3.8, 4) is 34.1 Å². The maximum atomic E-state index is 13.5. The maximum absolute atomic E-state index is 13.5. The van der Waals surface area contributed by atoms with Crippen LogP contribution in [0.5, 0.6) is 23.0 Å². The first kappa shape index (κ1) is 19.7. The SMILES string of the molecule is O=c1c2c(O)cccc2oc2ccc(O)c(-c3c(O)ccc4oc5cccc(O)c5c(=O)c34)c12. The molecule has 0 aliphatic heterocycles. The number of benzene rings is 4. The Morgan fingerprint density at radius 1 is 0.441 bits per heavy atom. The third-order valence-corrected chi connectivity index (χ3v) is 5.90. The van der Waals surface area contributed by atoms with Gasteiger partial charge in [0.2, 0.25) is 10.9 Å². The van der Waals surface area contributed by atoms with Crippen molar-refractivity contribution in [2.45, 2.75) is 0 Å². The number of phenolic OH excluding ortho intramolecular Hbond substituents is 4. The van der Waals surface area contributed by atoms with Gasteiger partial charge in [-0.2, -0.15) is 0 Å². The molecule has 0 saturated heterocycles. The van der Waals surface area contributed by atoms with Crippen molar-refractivity contribution in [1.82, 2.24) is 0 Å². The Balaban J connectivity index is 1.89. The van der Waals surface area contributed by atoms with Gasteiger partial charge in [-0.05, 0) is 48.5 Å². The predicted octanol–water partition coefficient (Wildman–Crippen LogP) is 4.70. The normalized spacial score (nSPS) is 11.6. The van der Waals surface area contributed by atoms with Gasteiger partial charge in [-0.3, -0.25) is 9.59 Å². The summed E-state index contributed by atoms with van der Waals surface area (Å²) in [7, 11) is 0. The first-order chi connectivity index (χ1) is 16.4. The lowest BCUT2D eigenvalue weighted by atomic mass is 9.94. The molecular formula is C26H14O8. The lowest BCUT2D eigenvalue weighted by Gasteiger charge is -2.14. The molecule has 8 heteroatoms. The molecule has 0 unspecified atom stereocenters. The quantitative estimate of drug-likeness (QED) is 0.262. The van der Waals surface area contributed by atoms with E-state index in [9.17, 15) is 30.0 Å². The fourth-order valence-corrected chi connectivity index (χ4v) is 4.42. The second kappa shape index (κ2) is 6.76. The van der Waals surface area contributed by atoms with Crippen LogP contribution < -0.4 is 10.9 Å². The highest BCUT2D eigenvalue weighted by molar-refractivity contribution is 6.11. The summed E-state index contributed by atoms with van der Waals surface area (Å²) in [6, 6.07) is 14.0. The summed E-state index contributed by atoms with van der Waals surface area (Å²) in [5.41, 5.74) is -1.25. The fraction of sp³-hybridized carbons (Fsp3) is 0. The highest BCUT2D eigenvalue weighted by atomic mass is 16.3. The maximum Gasteiger partial charge on any atom is 0.205 e. The van der Waals surface area contributed by atoms with Gasteiger partial charge in [0.1, 0.15) is 56.1 Å². The Kier molecular flexibility index (Phi) is 3.91. The van der Waals surface area contributed by atoms with Gasteiger partial charge < -0.3 is 29.3 Å². The van der Waals surface area contributed by atoms with E-state index in [0.29, 0.717) is 0 Å². The second-order valence-electron chi connectivity index (χ2n) is 7.83. The molecule has 6 aromatic rings. The van der Waals surface area contributed by atoms with E-state index in [0.717, 1.165) is 0 Å². The molecule has 0 fully saturated rings. The van der Waals surface area contributed by atoms with E-state index in [4.69, 9.17) is 8.83 Å². The minimum Gasteiger partial charge on any atom is -0.507 e. The lowest BCUT2D eigenvalue weighted by Crippen LogP contribution is -2.07. The number of rotatable bonds is 1. The highest BCUT2D eigenvalue weighted by Gasteiger charge is 2.25. The zero-order chi connectivity index (χ0) is 23.7. The lowest BCUT2D eigenvalue weighted by molar-refractivity contribution is 0.469. The van der Waals surface area contributed by atoms with Gasteiger partial charge in [0.05, 0.1) is 10.8 Å². The monoisotopic (exact) mass is 454 g/mol. The Labute approximate surface area is 188 Å². The van der Waals surface area contributed by atoms with Crippen molar-refractivity contribution < 1.29 is 29.3 Å².